The summed E-state index contributed by atoms with van der Waals surface area (Å²) in [5, 5.41) is 15.6. The van der Waals surface area contributed by atoms with Crippen LogP contribution in [-0.2, 0) is 35.3 Å². The minimum Gasteiger partial charge on any atom is -0.478 e. The van der Waals surface area contributed by atoms with E-state index < -0.39 is 11.9 Å². The van der Waals surface area contributed by atoms with E-state index in [1.165, 1.54) is 35.4 Å². The Morgan fingerprint density at radius 1 is 0.905 bits per heavy atom. The number of fused-ring (bicyclic) bond motifs is 2. The van der Waals surface area contributed by atoms with Crippen molar-refractivity contribution in [2.45, 2.75) is 38.5 Å². The standard InChI is InChI=1S/C11H14N2.C4H4O4/c12-11-7-3-1-5-9(7)13-10-6-2-4-8(10)11;5-3(6)1-2-4(7)8/h1-6H2,(H2,12,13);1-2H,(H,5,6)(H,7,8)/b;2-1+. The highest BCUT2D eigenvalue weighted by atomic mass is 16.4. The lowest BCUT2D eigenvalue weighted by molar-refractivity contribution is -0.134. The monoisotopic (exact) mass is 290 g/mol. The van der Waals surface area contributed by atoms with E-state index in [2.05, 4.69) is 0 Å². The summed E-state index contributed by atoms with van der Waals surface area (Å²) in [4.78, 5) is 23.8. The first-order valence-corrected chi connectivity index (χ1v) is 6.92. The van der Waals surface area contributed by atoms with E-state index in [4.69, 9.17) is 20.9 Å². The zero-order valence-corrected chi connectivity index (χ0v) is 11.6. The molecule has 6 nitrogen and oxygen atoms in total. The highest BCUT2D eigenvalue weighted by Crippen LogP contribution is 2.34. The molecule has 1 aromatic rings. The Kier molecular flexibility index (Phi) is 4.57. The first kappa shape index (κ1) is 15.0. The first-order chi connectivity index (χ1) is 9.99. The van der Waals surface area contributed by atoms with Gasteiger partial charge in [-0.1, -0.05) is 0 Å². The maximum Gasteiger partial charge on any atom is 0.328 e. The summed E-state index contributed by atoms with van der Waals surface area (Å²) in [7, 11) is 0. The predicted molar refractivity (Wildman–Crippen MR) is 77.1 cm³/mol. The number of carbonyl (C=O) groups is 2. The smallest absolute Gasteiger partial charge is 0.328 e. The number of nitrogen functional groups attached to an aromatic ring is 1. The molecule has 0 radical (unpaired) electrons. The lowest BCUT2D eigenvalue weighted by Crippen LogP contribution is -2.03. The Balaban J connectivity index is 0.000000177. The molecular weight excluding hydrogens is 272 g/mol. The number of hydrogen-bond acceptors (Lipinski definition) is 4. The molecule has 1 heterocycles. The van der Waals surface area contributed by atoms with E-state index in [0.29, 0.717) is 12.2 Å². The Morgan fingerprint density at radius 2 is 1.33 bits per heavy atom. The molecule has 0 saturated heterocycles. The Morgan fingerprint density at radius 3 is 1.71 bits per heavy atom. The number of rotatable bonds is 2. The second-order valence-corrected chi connectivity index (χ2v) is 5.09. The molecule has 21 heavy (non-hydrogen) atoms. The Labute approximate surface area is 122 Å². The molecule has 0 unspecified atom stereocenters. The number of aliphatic carboxylic acids is 2. The summed E-state index contributed by atoms with van der Waals surface area (Å²) in [6, 6.07) is 0. The molecule has 3 rings (SSSR count). The lowest BCUT2D eigenvalue weighted by atomic mass is 10.1. The number of pyridine rings is 1. The van der Waals surface area contributed by atoms with Crippen LogP contribution in [-0.4, -0.2) is 27.1 Å². The second kappa shape index (κ2) is 6.39. The van der Waals surface area contributed by atoms with Crippen LogP contribution < -0.4 is 5.73 Å². The molecule has 1 aromatic heterocycles. The fraction of sp³-hybridized carbons (Fsp3) is 0.400. The van der Waals surface area contributed by atoms with E-state index in [0.717, 1.165) is 31.4 Å². The van der Waals surface area contributed by atoms with Crippen molar-refractivity contribution in [1.82, 2.24) is 4.98 Å². The molecule has 0 aromatic carbocycles. The zero-order valence-electron chi connectivity index (χ0n) is 11.6. The molecule has 0 saturated carbocycles. The van der Waals surface area contributed by atoms with Crippen LogP contribution in [0.2, 0.25) is 0 Å². The van der Waals surface area contributed by atoms with Crippen LogP contribution in [0.25, 0.3) is 0 Å². The molecule has 0 amide bonds. The van der Waals surface area contributed by atoms with Crippen LogP contribution in [0.1, 0.15) is 35.4 Å². The molecule has 0 aliphatic heterocycles. The van der Waals surface area contributed by atoms with Gasteiger partial charge in [0.05, 0.1) is 0 Å². The van der Waals surface area contributed by atoms with Crippen LogP contribution in [0.15, 0.2) is 12.2 Å². The predicted octanol–water partition coefficient (Wildman–Crippen LogP) is 1.35. The van der Waals surface area contributed by atoms with Crippen molar-refractivity contribution in [3.8, 4) is 0 Å². The van der Waals surface area contributed by atoms with Gasteiger partial charge >= 0.3 is 11.9 Å². The summed E-state index contributed by atoms with van der Waals surface area (Å²) in [6.45, 7) is 0. The van der Waals surface area contributed by atoms with E-state index >= 15 is 0 Å². The molecule has 112 valence electrons. The van der Waals surface area contributed by atoms with Gasteiger partial charge in [-0.3, -0.25) is 4.98 Å². The van der Waals surface area contributed by atoms with Gasteiger partial charge in [0.25, 0.3) is 0 Å². The lowest BCUT2D eigenvalue weighted by Gasteiger charge is -2.08. The average Bonchev–Trinajstić information content (AvgIpc) is 3.06. The molecule has 6 heteroatoms. The maximum absolute atomic E-state index is 9.55. The fourth-order valence-corrected chi connectivity index (χ4v) is 2.77. The molecule has 2 aliphatic carbocycles. The van der Waals surface area contributed by atoms with Gasteiger partial charge in [0.1, 0.15) is 0 Å². The van der Waals surface area contributed by atoms with Crippen LogP contribution in [0.5, 0.6) is 0 Å². The SMILES string of the molecule is Nc1c2c(nc3c1CCC3)CCC2.O=C(O)/C=C/C(=O)O. The molecule has 0 bridgehead atoms. The van der Waals surface area contributed by atoms with Gasteiger partial charge in [0, 0.05) is 29.2 Å². The van der Waals surface area contributed by atoms with Crippen molar-refractivity contribution in [3.05, 3.63) is 34.7 Å². The molecule has 0 atom stereocenters. The number of aromatic nitrogens is 1. The van der Waals surface area contributed by atoms with Crippen LogP contribution in [0.4, 0.5) is 5.69 Å². The normalized spacial score (nSPS) is 15.2. The summed E-state index contributed by atoms with van der Waals surface area (Å²) in [5.41, 5.74) is 12.5. The number of carboxylic acids is 2. The highest BCUT2D eigenvalue weighted by molar-refractivity contribution is 5.89. The average molecular weight is 290 g/mol. The van der Waals surface area contributed by atoms with E-state index in [-0.39, 0.29) is 0 Å². The maximum atomic E-state index is 9.55. The number of nitrogens with two attached hydrogens (primary N) is 1. The third kappa shape index (κ3) is 3.59. The minimum absolute atomic E-state index is 0.558. The summed E-state index contributed by atoms with van der Waals surface area (Å²) in [6.07, 6.45) is 8.21. The van der Waals surface area contributed by atoms with Crippen molar-refractivity contribution < 1.29 is 19.8 Å². The number of anilines is 1. The number of aryl methyl sites for hydroxylation is 2. The largest absolute Gasteiger partial charge is 0.478 e. The number of carboxylic acid groups (broad SMARTS) is 2. The molecule has 0 fully saturated rings. The van der Waals surface area contributed by atoms with Crippen molar-refractivity contribution in [2.24, 2.45) is 0 Å². The van der Waals surface area contributed by atoms with Gasteiger partial charge in [-0.15, -0.1) is 0 Å². The quantitative estimate of drug-likeness (QED) is 0.708. The van der Waals surface area contributed by atoms with Crippen molar-refractivity contribution >= 4 is 17.6 Å². The van der Waals surface area contributed by atoms with E-state index in [1.807, 2.05) is 0 Å². The molecular formula is C15H18N2O4. The van der Waals surface area contributed by atoms with Crippen LogP contribution in [0, 0.1) is 0 Å². The van der Waals surface area contributed by atoms with Crippen molar-refractivity contribution in [3.63, 3.8) is 0 Å². The van der Waals surface area contributed by atoms with Gasteiger partial charge in [-0.25, -0.2) is 9.59 Å². The first-order valence-electron chi connectivity index (χ1n) is 6.92. The third-order valence-corrected chi connectivity index (χ3v) is 3.67. The summed E-state index contributed by atoms with van der Waals surface area (Å²) >= 11 is 0. The molecule has 4 N–H and O–H groups in total. The third-order valence-electron chi connectivity index (χ3n) is 3.67. The second-order valence-electron chi connectivity index (χ2n) is 5.09. The Bertz CT molecular complexity index is 560. The van der Waals surface area contributed by atoms with Gasteiger partial charge in [-0.2, -0.15) is 0 Å². The summed E-state index contributed by atoms with van der Waals surface area (Å²) in [5.74, 6) is -2.51. The highest BCUT2D eigenvalue weighted by Gasteiger charge is 2.23. The fourth-order valence-electron chi connectivity index (χ4n) is 2.77. The Hall–Kier alpha value is -2.37. The van der Waals surface area contributed by atoms with Gasteiger partial charge in [0.2, 0.25) is 0 Å². The van der Waals surface area contributed by atoms with Gasteiger partial charge in [0.15, 0.2) is 0 Å². The van der Waals surface area contributed by atoms with Crippen LogP contribution >= 0.6 is 0 Å². The van der Waals surface area contributed by atoms with E-state index in [1.54, 1.807) is 0 Å². The van der Waals surface area contributed by atoms with Gasteiger partial charge in [-0.05, 0) is 49.7 Å². The van der Waals surface area contributed by atoms with Crippen molar-refractivity contribution in [2.75, 3.05) is 5.73 Å². The number of hydrogen-bond donors (Lipinski definition) is 3. The van der Waals surface area contributed by atoms with Crippen LogP contribution in [0.3, 0.4) is 0 Å². The molecule has 0 spiro atoms. The van der Waals surface area contributed by atoms with Crippen molar-refractivity contribution in [1.29, 1.82) is 0 Å². The molecule has 2 aliphatic rings. The number of nitrogens with zero attached hydrogens (tertiary/aromatic N) is 1. The topological polar surface area (TPSA) is 114 Å². The zero-order chi connectivity index (χ0) is 15.4. The summed E-state index contributed by atoms with van der Waals surface area (Å²) < 4.78 is 0. The van der Waals surface area contributed by atoms with Gasteiger partial charge < -0.3 is 15.9 Å². The minimum atomic E-state index is -1.26. The van der Waals surface area contributed by atoms with E-state index in [9.17, 15) is 9.59 Å².